The molecule has 1 aliphatic carbocycles. The van der Waals surface area contributed by atoms with E-state index in [-0.39, 0.29) is 6.04 Å². The van der Waals surface area contributed by atoms with Crippen molar-refractivity contribution >= 4 is 0 Å². The number of pyridine rings is 1. The van der Waals surface area contributed by atoms with Crippen molar-refractivity contribution in [3.63, 3.8) is 0 Å². The number of hydrogen-bond donors (Lipinski definition) is 2. The van der Waals surface area contributed by atoms with Gasteiger partial charge < -0.3 is 15.2 Å². The van der Waals surface area contributed by atoms with Gasteiger partial charge >= 0.3 is 0 Å². The van der Waals surface area contributed by atoms with Gasteiger partial charge in [-0.25, -0.2) is 0 Å². The van der Waals surface area contributed by atoms with E-state index in [1.54, 1.807) is 6.20 Å². The molecule has 118 valence electrons. The highest BCUT2D eigenvalue weighted by atomic mass is 16.5. The van der Waals surface area contributed by atoms with E-state index in [1.165, 1.54) is 19.3 Å². The molecule has 1 saturated carbocycles. The van der Waals surface area contributed by atoms with Crippen molar-refractivity contribution < 1.29 is 9.84 Å². The molecule has 21 heavy (non-hydrogen) atoms. The number of ether oxygens (including phenoxy) is 1. The van der Waals surface area contributed by atoms with Crippen molar-refractivity contribution in [1.29, 1.82) is 0 Å². The molecule has 2 N–H and O–H groups in total. The van der Waals surface area contributed by atoms with Crippen LogP contribution in [0.5, 0.6) is 0 Å². The highest BCUT2D eigenvalue weighted by Gasteiger charge is 2.22. The molecule has 0 saturated heterocycles. The van der Waals surface area contributed by atoms with Gasteiger partial charge in [0.25, 0.3) is 0 Å². The monoisotopic (exact) mass is 292 g/mol. The quantitative estimate of drug-likeness (QED) is 0.811. The van der Waals surface area contributed by atoms with Gasteiger partial charge in [0.2, 0.25) is 0 Å². The summed E-state index contributed by atoms with van der Waals surface area (Å²) in [6.45, 7) is 5.24. The first-order valence-electron chi connectivity index (χ1n) is 8.10. The molecule has 0 radical (unpaired) electrons. The third kappa shape index (κ3) is 5.38. The van der Waals surface area contributed by atoms with Gasteiger partial charge in [-0.15, -0.1) is 0 Å². The van der Waals surface area contributed by atoms with E-state index in [0.29, 0.717) is 25.2 Å². The maximum absolute atomic E-state index is 10.1. The number of hydrogen-bond acceptors (Lipinski definition) is 4. The first kappa shape index (κ1) is 16.4. The van der Waals surface area contributed by atoms with Gasteiger partial charge in [0.1, 0.15) is 0 Å². The Balaban J connectivity index is 1.66. The summed E-state index contributed by atoms with van der Waals surface area (Å²) < 4.78 is 5.89. The largest absolute Gasteiger partial charge is 0.389 e. The molecule has 0 aliphatic heterocycles. The zero-order chi connectivity index (χ0) is 15.1. The Labute approximate surface area is 127 Å². The van der Waals surface area contributed by atoms with E-state index in [0.717, 1.165) is 12.1 Å². The molecular formula is C17H28N2O2. The molecule has 2 rings (SSSR count). The van der Waals surface area contributed by atoms with Crippen molar-refractivity contribution in [2.75, 3.05) is 13.2 Å². The van der Waals surface area contributed by atoms with E-state index in [9.17, 15) is 5.11 Å². The molecule has 1 fully saturated rings. The summed E-state index contributed by atoms with van der Waals surface area (Å²) in [5.41, 5.74) is 0.992. The molecule has 4 atom stereocenters. The normalized spacial score (nSPS) is 25.5. The molecule has 1 aliphatic rings. The van der Waals surface area contributed by atoms with Gasteiger partial charge in [0.15, 0.2) is 0 Å². The average molecular weight is 292 g/mol. The van der Waals surface area contributed by atoms with E-state index in [1.807, 2.05) is 18.2 Å². The Morgan fingerprint density at radius 3 is 2.90 bits per heavy atom. The maximum Gasteiger partial charge on any atom is 0.0898 e. The van der Waals surface area contributed by atoms with Crippen LogP contribution in [0.15, 0.2) is 24.4 Å². The molecule has 1 heterocycles. The summed E-state index contributed by atoms with van der Waals surface area (Å²) in [7, 11) is 0. The third-order valence-corrected chi connectivity index (χ3v) is 4.33. The highest BCUT2D eigenvalue weighted by molar-refractivity contribution is 5.07. The van der Waals surface area contributed by atoms with Crippen LogP contribution >= 0.6 is 0 Å². The Bertz CT molecular complexity index is 399. The van der Waals surface area contributed by atoms with E-state index < -0.39 is 6.10 Å². The molecule has 0 spiro atoms. The van der Waals surface area contributed by atoms with Crippen LogP contribution < -0.4 is 5.32 Å². The summed E-state index contributed by atoms with van der Waals surface area (Å²) in [4.78, 5) is 4.31. The smallest absolute Gasteiger partial charge is 0.0898 e. The Morgan fingerprint density at radius 1 is 1.38 bits per heavy atom. The predicted octanol–water partition coefficient (Wildman–Crippen LogP) is 2.69. The third-order valence-electron chi connectivity index (χ3n) is 4.33. The lowest BCUT2D eigenvalue weighted by Gasteiger charge is -2.29. The minimum atomic E-state index is -0.467. The van der Waals surface area contributed by atoms with Gasteiger partial charge in [-0.2, -0.15) is 0 Å². The van der Waals surface area contributed by atoms with E-state index in [2.05, 4.69) is 24.1 Å². The van der Waals surface area contributed by atoms with Gasteiger partial charge in [-0.3, -0.25) is 4.98 Å². The highest BCUT2D eigenvalue weighted by Crippen LogP contribution is 2.26. The van der Waals surface area contributed by atoms with Crippen LogP contribution in [0.3, 0.4) is 0 Å². The Kier molecular flexibility index (Phi) is 6.61. The molecule has 0 bridgehead atoms. The topological polar surface area (TPSA) is 54.4 Å². The molecule has 4 nitrogen and oxygen atoms in total. The van der Waals surface area contributed by atoms with Crippen LogP contribution in [-0.2, 0) is 4.74 Å². The van der Waals surface area contributed by atoms with Crippen LogP contribution in [0, 0.1) is 5.92 Å². The number of aliphatic hydroxyl groups excluding tert-OH is 1. The molecule has 4 heteroatoms. The molecule has 4 unspecified atom stereocenters. The van der Waals surface area contributed by atoms with Gasteiger partial charge in [-0.1, -0.05) is 25.8 Å². The number of aromatic nitrogens is 1. The summed E-state index contributed by atoms with van der Waals surface area (Å²) in [6.07, 6.45) is 6.58. The second-order valence-corrected chi connectivity index (χ2v) is 6.17. The fourth-order valence-electron chi connectivity index (χ4n) is 2.87. The van der Waals surface area contributed by atoms with Crippen molar-refractivity contribution in [3.05, 3.63) is 30.1 Å². The van der Waals surface area contributed by atoms with Crippen LogP contribution in [0.25, 0.3) is 0 Å². The number of nitrogens with zero attached hydrogens (tertiary/aromatic N) is 1. The Morgan fingerprint density at radius 2 is 2.19 bits per heavy atom. The lowest BCUT2D eigenvalue weighted by Crippen LogP contribution is -2.35. The first-order valence-corrected chi connectivity index (χ1v) is 8.10. The van der Waals surface area contributed by atoms with E-state index in [4.69, 9.17) is 4.74 Å². The molecule has 0 aromatic carbocycles. The minimum Gasteiger partial charge on any atom is -0.389 e. The molecule has 0 amide bonds. The standard InChI is InChI=1S/C17H28N2O2/c1-13-7-3-4-9-17(13)21-12-15(20)11-19-14(2)16-8-5-6-10-18-16/h5-6,8,10,13-15,17,19-20H,3-4,7,9,11-12H2,1-2H3. The number of nitrogens with one attached hydrogen (secondary N) is 1. The van der Waals surface area contributed by atoms with Crippen molar-refractivity contribution in [1.82, 2.24) is 10.3 Å². The summed E-state index contributed by atoms with van der Waals surface area (Å²) in [5.74, 6) is 0.617. The summed E-state index contributed by atoms with van der Waals surface area (Å²) in [5, 5.41) is 13.4. The van der Waals surface area contributed by atoms with Crippen LogP contribution in [0.4, 0.5) is 0 Å². The first-order chi connectivity index (χ1) is 10.2. The van der Waals surface area contributed by atoms with Crippen LogP contribution in [0.2, 0.25) is 0 Å². The van der Waals surface area contributed by atoms with Crippen LogP contribution in [0.1, 0.15) is 51.3 Å². The zero-order valence-corrected chi connectivity index (χ0v) is 13.2. The molecule has 1 aromatic rings. The average Bonchev–Trinajstić information content (AvgIpc) is 2.52. The molecule has 1 aromatic heterocycles. The summed E-state index contributed by atoms with van der Waals surface area (Å²) >= 11 is 0. The second-order valence-electron chi connectivity index (χ2n) is 6.17. The lowest BCUT2D eigenvalue weighted by molar-refractivity contribution is -0.0455. The van der Waals surface area contributed by atoms with Gasteiger partial charge in [0.05, 0.1) is 24.5 Å². The zero-order valence-electron chi connectivity index (χ0n) is 13.2. The van der Waals surface area contributed by atoms with E-state index >= 15 is 0 Å². The predicted molar refractivity (Wildman–Crippen MR) is 84.0 cm³/mol. The minimum absolute atomic E-state index is 0.134. The van der Waals surface area contributed by atoms with Gasteiger partial charge in [0, 0.05) is 18.8 Å². The van der Waals surface area contributed by atoms with Crippen molar-refractivity contribution in [3.8, 4) is 0 Å². The Hall–Kier alpha value is -0.970. The van der Waals surface area contributed by atoms with Crippen molar-refractivity contribution in [2.45, 2.75) is 57.8 Å². The SMILES string of the molecule is CC(NCC(O)COC1CCCCC1C)c1ccccn1. The number of aliphatic hydroxyl groups is 1. The van der Waals surface area contributed by atoms with Crippen molar-refractivity contribution in [2.24, 2.45) is 5.92 Å². The fourth-order valence-corrected chi connectivity index (χ4v) is 2.87. The lowest BCUT2D eigenvalue weighted by atomic mass is 9.88. The molecular weight excluding hydrogens is 264 g/mol. The van der Waals surface area contributed by atoms with Gasteiger partial charge in [-0.05, 0) is 37.8 Å². The fraction of sp³-hybridized carbons (Fsp3) is 0.706. The van der Waals surface area contributed by atoms with Crippen LogP contribution in [-0.4, -0.2) is 35.5 Å². The number of rotatable bonds is 7. The second kappa shape index (κ2) is 8.47. The maximum atomic E-state index is 10.1. The summed E-state index contributed by atoms with van der Waals surface area (Å²) in [6, 6.07) is 6.01.